The molecule has 15 heavy (non-hydrogen) atoms. The van der Waals surface area contributed by atoms with Crippen molar-refractivity contribution in [3.63, 3.8) is 0 Å². The highest BCUT2D eigenvalue weighted by Gasteiger charge is 2.17. The number of nitrogens with zero attached hydrogens (tertiary/aromatic N) is 3. The third-order valence-corrected chi connectivity index (χ3v) is 2.67. The summed E-state index contributed by atoms with van der Waals surface area (Å²) in [6.07, 6.45) is 6.23. The molecule has 1 aliphatic carbocycles. The molecule has 5 heteroatoms. The molecule has 0 bridgehead atoms. The van der Waals surface area contributed by atoms with Gasteiger partial charge >= 0.3 is 0 Å². The highest BCUT2D eigenvalue weighted by Crippen LogP contribution is 2.21. The number of rotatable bonds is 6. The Kier molecular flexibility index (Phi) is 3.69. The van der Waals surface area contributed by atoms with Crippen molar-refractivity contribution in [3.05, 3.63) is 11.9 Å². The van der Waals surface area contributed by atoms with Crippen molar-refractivity contribution in [1.29, 1.82) is 0 Å². The maximum atomic E-state index is 5.65. The molecule has 1 heterocycles. The molecule has 0 atom stereocenters. The SMILES string of the molecule is CNCc1cn(CCOC2CCC2)nn1. The minimum atomic E-state index is 0.505. The second-order valence-electron chi connectivity index (χ2n) is 3.93. The zero-order valence-electron chi connectivity index (χ0n) is 9.15. The standard InChI is InChI=1S/C10H18N4O/c1-11-7-9-8-14(13-12-9)5-6-15-10-3-2-4-10/h8,10-11H,2-7H2,1H3. The highest BCUT2D eigenvalue weighted by molar-refractivity contribution is 4.90. The lowest BCUT2D eigenvalue weighted by Crippen LogP contribution is -2.23. The Balaban J connectivity index is 1.67. The number of hydrogen-bond donors (Lipinski definition) is 1. The first-order valence-corrected chi connectivity index (χ1v) is 5.53. The normalized spacial score (nSPS) is 16.6. The van der Waals surface area contributed by atoms with Gasteiger partial charge in [0.25, 0.3) is 0 Å². The van der Waals surface area contributed by atoms with E-state index in [0.29, 0.717) is 6.10 Å². The van der Waals surface area contributed by atoms with Crippen molar-refractivity contribution in [2.75, 3.05) is 13.7 Å². The Labute approximate surface area is 89.8 Å². The van der Waals surface area contributed by atoms with Crippen molar-refractivity contribution >= 4 is 0 Å². The van der Waals surface area contributed by atoms with Crippen LogP contribution < -0.4 is 5.32 Å². The first-order chi connectivity index (χ1) is 7.38. The summed E-state index contributed by atoms with van der Waals surface area (Å²) in [5.41, 5.74) is 0.973. The van der Waals surface area contributed by atoms with Gasteiger partial charge in [-0.25, -0.2) is 4.68 Å². The zero-order valence-corrected chi connectivity index (χ0v) is 9.15. The van der Waals surface area contributed by atoms with Crippen LogP contribution in [0.4, 0.5) is 0 Å². The van der Waals surface area contributed by atoms with Crippen LogP contribution in [-0.4, -0.2) is 34.8 Å². The molecule has 0 spiro atoms. The third-order valence-electron chi connectivity index (χ3n) is 2.67. The summed E-state index contributed by atoms with van der Waals surface area (Å²) in [5.74, 6) is 0. The van der Waals surface area contributed by atoms with Gasteiger partial charge in [-0.2, -0.15) is 0 Å². The van der Waals surface area contributed by atoms with E-state index < -0.39 is 0 Å². The maximum Gasteiger partial charge on any atom is 0.0964 e. The van der Waals surface area contributed by atoms with Gasteiger partial charge in [0, 0.05) is 12.7 Å². The lowest BCUT2D eigenvalue weighted by Gasteiger charge is -2.25. The molecule has 1 fully saturated rings. The molecule has 1 N–H and O–H groups in total. The van der Waals surface area contributed by atoms with E-state index in [1.54, 1.807) is 0 Å². The highest BCUT2D eigenvalue weighted by atomic mass is 16.5. The number of nitrogens with one attached hydrogen (secondary N) is 1. The molecule has 0 aliphatic heterocycles. The van der Waals surface area contributed by atoms with Crippen molar-refractivity contribution in [2.45, 2.75) is 38.5 Å². The lowest BCUT2D eigenvalue weighted by atomic mass is 9.96. The minimum absolute atomic E-state index is 0.505. The molecule has 2 rings (SSSR count). The predicted octanol–water partition coefficient (Wildman–Crippen LogP) is 0.567. The van der Waals surface area contributed by atoms with E-state index in [-0.39, 0.29) is 0 Å². The summed E-state index contributed by atoms with van der Waals surface area (Å²) in [5, 5.41) is 11.1. The summed E-state index contributed by atoms with van der Waals surface area (Å²) < 4.78 is 7.49. The van der Waals surface area contributed by atoms with Crippen LogP contribution in [0.5, 0.6) is 0 Å². The first kappa shape index (κ1) is 10.6. The van der Waals surface area contributed by atoms with E-state index in [1.807, 2.05) is 17.9 Å². The van der Waals surface area contributed by atoms with Gasteiger partial charge < -0.3 is 10.1 Å². The van der Waals surface area contributed by atoms with Gasteiger partial charge in [0.15, 0.2) is 0 Å². The number of hydrogen-bond acceptors (Lipinski definition) is 4. The van der Waals surface area contributed by atoms with Crippen molar-refractivity contribution in [3.8, 4) is 0 Å². The second-order valence-corrected chi connectivity index (χ2v) is 3.93. The van der Waals surface area contributed by atoms with E-state index in [1.165, 1.54) is 19.3 Å². The maximum absolute atomic E-state index is 5.65. The number of aromatic nitrogens is 3. The van der Waals surface area contributed by atoms with E-state index in [4.69, 9.17) is 4.74 Å². The lowest BCUT2D eigenvalue weighted by molar-refractivity contribution is -0.00249. The molecular formula is C10H18N4O. The van der Waals surface area contributed by atoms with Gasteiger partial charge in [-0.15, -0.1) is 5.10 Å². The van der Waals surface area contributed by atoms with E-state index >= 15 is 0 Å². The van der Waals surface area contributed by atoms with Crippen LogP contribution in [0.3, 0.4) is 0 Å². The summed E-state index contributed by atoms with van der Waals surface area (Å²) in [4.78, 5) is 0. The number of ether oxygens (including phenoxy) is 1. The summed E-state index contributed by atoms with van der Waals surface area (Å²) >= 11 is 0. The fourth-order valence-electron chi connectivity index (χ4n) is 1.56. The smallest absolute Gasteiger partial charge is 0.0964 e. The zero-order chi connectivity index (χ0) is 10.5. The van der Waals surface area contributed by atoms with E-state index in [0.717, 1.165) is 25.4 Å². The predicted molar refractivity (Wildman–Crippen MR) is 56.4 cm³/mol. The molecule has 1 aliphatic rings. The van der Waals surface area contributed by atoms with Crippen LogP contribution in [0.25, 0.3) is 0 Å². The van der Waals surface area contributed by atoms with Gasteiger partial charge in [0.2, 0.25) is 0 Å². The summed E-state index contributed by atoms with van der Waals surface area (Å²) in [6.45, 7) is 2.31. The molecule has 0 saturated heterocycles. The van der Waals surface area contributed by atoms with Crippen LogP contribution in [0.2, 0.25) is 0 Å². The molecule has 1 aromatic rings. The summed E-state index contributed by atoms with van der Waals surface area (Å²) in [7, 11) is 1.90. The quantitative estimate of drug-likeness (QED) is 0.745. The van der Waals surface area contributed by atoms with Crippen molar-refractivity contribution in [1.82, 2.24) is 20.3 Å². The minimum Gasteiger partial charge on any atom is -0.376 e. The Morgan fingerprint density at radius 2 is 2.47 bits per heavy atom. The van der Waals surface area contributed by atoms with Gasteiger partial charge in [-0.3, -0.25) is 0 Å². The van der Waals surface area contributed by atoms with Crippen LogP contribution in [0, 0.1) is 0 Å². The molecule has 1 aromatic heterocycles. The van der Waals surface area contributed by atoms with Gasteiger partial charge in [0.1, 0.15) is 0 Å². The van der Waals surface area contributed by atoms with Gasteiger partial charge in [0.05, 0.1) is 24.9 Å². The van der Waals surface area contributed by atoms with Gasteiger partial charge in [-0.1, -0.05) is 5.21 Å². The van der Waals surface area contributed by atoms with E-state index in [9.17, 15) is 0 Å². The molecular weight excluding hydrogens is 192 g/mol. The monoisotopic (exact) mass is 210 g/mol. The Morgan fingerprint density at radius 3 is 3.13 bits per heavy atom. The third kappa shape index (κ3) is 3.00. The van der Waals surface area contributed by atoms with E-state index in [2.05, 4.69) is 15.6 Å². The Morgan fingerprint density at radius 1 is 1.60 bits per heavy atom. The molecule has 1 saturated carbocycles. The summed E-state index contributed by atoms with van der Waals surface area (Å²) in [6, 6.07) is 0. The molecule has 0 aromatic carbocycles. The van der Waals surface area contributed by atoms with Crippen LogP contribution in [-0.2, 0) is 17.8 Å². The molecule has 5 nitrogen and oxygen atoms in total. The Bertz CT molecular complexity index is 295. The average molecular weight is 210 g/mol. The van der Waals surface area contributed by atoms with Crippen LogP contribution in [0.1, 0.15) is 25.0 Å². The Hall–Kier alpha value is -0.940. The average Bonchev–Trinajstić information content (AvgIpc) is 2.58. The molecule has 0 unspecified atom stereocenters. The largest absolute Gasteiger partial charge is 0.376 e. The van der Waals surface area contributed by atoms with Gasteiger partial charge in [-0.05, 0) is 26.3 Å². The fraction of sp³-hybridized carbons (Fsp3) is 0.800. The molecule has 0 radical (unpaired) electrons. The molecule has 0 amide bonds. The van der Waals surface area contributed by atoms with Crippen LogP contribution >= 0.6 is 0 Å². The molecule has 84 valence electrons. The fourth-order valence-corrected chi connectivity index (χ4v) is 1.56. The van der Waals surface area contributed by atoms with Crippen molar-refractivity contribution < 1.29 is 4.74 Å². The van der Waals surface area contributed by atoms with Crippen molar-refractivity contribution in [2.24, 2.45) is 0 Å². The second kappa shape index (κ2) is 5.23. The first-order valence-electron chi connectivity index (χ1n) is 5.53. The van der Waals surface area contributed by atoms with Crippen LogP contribution in [0.15, 0.2) is 6.20 Å². The topological polar surface area (TPSA) is 52.0 Å².